The molecule has 0 spiro atoms. The zero-order chi connectivity index (χ0) is 33.7. The Balaban J connectivity index is 1.06. The van der Waals surface area contributed by atoms with Gasteiger partial charge in [0.1, 0.15) is 11.2 Å². The molecule has 2 heterocycles. The van der Waals surface area contributed by atoms with Crippen LogP contribution in [0.1, 0.15) is 0 Å². The van der Waals surface area contributed by atoms with Gasteiger partial charge in [-0.15, -0.1) is 0 Å². The Labute approximate surface area is 295 Å². The molecule has 0 radical (unpaired) electrons. The van der Waals surface area contributed by atoms with Crippen LogP contribution in [-0.2, 0) is 0 Å². The standard InChI is InChI=1S/C48H32N2O/c1-2-11-33(12-3-1)34-21-25-37(26-22-34)49(40-29-30-48-44(32-40)43-17-6-9-20-47(43)51-48)38-27-23-35(24-28-38)36-13-10-14-39(31-36)50-45-18-7-4-15-41(45)42-16-5-8-19-46(42)50/h1-32H. The smallest absolute Gasteiger partial charge is 0.135 e. The van der Waals surface area contributed by atoms with Crippen molar-refractivity contribution in [3.63, 3.8) is 0 Å². The summed E-state index contributed by atoms with van der Waals surface area (Å²) in [7, 11) is 0. The predicted molar refractivity (Wildman–Crippen MR) is 214 cm³/mol. The lowest BCUT2D eigenvalue weighted by Crippen LogP contribution is -2.09. The first-order chi connectivity index (χ1) is 25.3. The first-order valence-electron chi connectivity index (χ1n) is 17.3. The zero-order valence-electron chi connectivity index (χ0n) is 27.8. The number of hydrogen-bond acceptors (Lipinski definition) is 2. The maximum atomic E-state index is 6.19. The van der Waals surface area contributed by atoms with Crippen molar-refractivity contribution in [3.8, 4) is 27.9 Å². The number of anilines is 3. The molecule has 10 aromatic rings. The summed E-state index contributed by atoms with van der Waals surface area (Å²) in [4.78, 5) is 2.33. The van der Waals surface area contributed by atoms with Crippen molar-refractivity contribution >= 4 is 60.8 Å². The number of para-hydroxylation sites is 3. The molecule has 0 bridgehead atoms. The monoisotopic (exact) mass is 652 g/mol. The second kappa shape index (κ2) is 11.9. The molecule has 0 saturated carbocycles. The van der Waals surface area contributed by atoms with E-state index in [1.165, 1.54) is 38.5 Å². The Morgan fingerprint density at radius 3 is 1.53 bits per heavy atom. The lowest BCUT2D eigenvalue weighted by atomic mass is 10.0. The number of aromatic nitrogens is 1. The number of fused-ring (bicyclic) bond motifs is 6. The van der Waals surface area contributed by atoms with Crippen LogP contribution in [0, 0.1) is 0 Å². The molecule has 0 N–H and O–H groups in total. The summed E-state index contributed by atoms with van der Waals surface area (Å²) >= 11 is 0. The Morgan fingerprint density at radius 2 is 0.843 bits per heavy atom. The molecular formula is C48H32N2O. The highest BCUT2D eigenvalue weighted by molar-refractivity contribution is 6.09. The summed E-state index contributed by atoms with van der Waals surface area (Å²) in [5.41, 5.74) is 13.3. The van der Waals surface area contributed by atoms with Crippen molar-refractivity contribution in [2.24, 2.45) is 0 Å². The van der Waals surface area contributed by atoms with Gasteiger partial charge in [-0.3, -0.25) is 0 Å². The van der Waals surface area contributed by atoms with Gasteiger partial charge in [0.2, 0.25) is 0 Å². The van der Waals surface area contributed by atoms with Crippen LogP contribution in [0.15, 0.2) is 199 Å². The quantitative estimate of drug-likeness (QED) is 0.178. The molecule has 0 aliphatic rings. The fourth-order valence-electron chi connectivity index (χ4n) is 7.56. The summed E-state index contributed by atoms with van der Waals surface area (Å²) < 4.78 is 8.57. The topological polar surface area (TPSA) is 21.3 Å². The molecule has 10 rings (SSSR count). The average Bonchev–Trinajstić information content (AvgIpc) is 3.75. The minimum Gasteiger partial charge on any atom is -0.456 e. The van der Waals surface area contributed by atoms with Gasteiger partial charge in [0.15, 0.2) is 0 Å². The highest BCUT2D eigenvalue weighted by atomic mass is 16.3. The van der Waals surface area contributed by atoms with Gasteiger partial charge >= 0.3 is 0 Å². The third-order valence-electron chi connectivity index (χ3n) is 9.99. The second-order valence-corrected chi connectivity index (χ2v) is 13.0. The number of nitrogens with zero attached hydrogens (tertiary/aromatic N) is 2. The SMILES string of the molecule is c1ccc(-c2ccc(N(c3ccc(-c4cccc(-n5c6ccccc6c6ccccc65)c4)cc3)c3ccc4oc5ccccc5c4c3)cc2)cc1. The molecule has 2 aromatic heterocycles. The maximum Gasteiger partial charge on any atom is 0.135 e. The van der Waals surface area contributed by atoms with Crippen LogP contribution in [-0.4, -0.2) is 4.57 Å². The van der Waals surface area contributed by atoms with Crippen LogP contribution in [0.5, 0.6) is 0 Å². The van der Waals surface area contributed by atoms with Gasteiger partial charge in [0, 0.05) is 44.3 Å². The van der Waals surface area contributed by atoms with Crippen molar-refractivity contribution in [3.05, 3.63) is 194 Å². The van der Waals surface area contributed by atoms with Crippen LogP contribution in [0.25, 0.3) is 71.7 Å². The van der Waals surface area contributed by atoms with Crippen molar-refractivity contribution in [2.45, 2.75) is 0 Å². The van der Waals surface area contributed by atoms with E-state index in [-0.39, 0.29) is 0 Å². The molecule has 0 fully saturated rings. The highest BCUT2D eigenvalue weighted by Crippen LogP contribution is 2.40. The molecular weight excluding hydrogens is 621 g/mol. The third-order valence-corrected chi connectivity index (χ3v) is 9.99. The van der Waals surface area contributed by atoms with Crippen LogP contribution in [0.3, 0.4) is 0 Å². The van der Waals surface area contributed by atoms with Gasteiger partial charge in [-0.1, -0.05) is 121 Å². The van der Waals surface area contributed by atoms with E-state index in [1.54, 1.807) is 0 Å². The van der Waals surface area contributed by atoms with E-state index >= 15 is 0 Å². The highest BCUT2D eigenvalue weighted by Gasteiger charge is 2.17. The summed E-state index contributed by atoms with van der Waals surface area (Å²) in [5.74, 6) is 0. The summed E-state index contributed by atoms with van der Waals surface area (Å²) in [5, 5.41) is 4.75. The molecule has 0 atom stereocenters. The van der Waals surface area contributed by atoms with Crippen molar-refractivity contribution in [2.75, 3.05) is 4.90 Å². The van der Waals surface area contributed by atoms with E-state index in [4.69, 9.17) is 4.42 Å². The van der Waals surface area contributed by atoms with E-state index in [0.29, 0.717) is 0 Å². The molecule has 51 heavy (non-hydrogen) atoms. The maximum absolute atomic E-state index is 6.19. The van der Waals surface area contributed by atoms with Gasteiger partial charge in [-0.2, -0.15) is 0 Å². The summed E-state index contributed by atoms with van der Waals surface area (Å²) in [6.45, 7) is 0. The number of benzene rings is 8. The van der Waals surface area contributed by atoms with Gasteiger partial charge in [-0.05, 0) is 95.1 Å². The minimum absolute atomic E-state index is 0.887. The van der Waals surface area contributed by atoms with E-state index in [9.17, 15) is 0 Å². The van der Waals surface area contributed by atoms with Crippen LogP contribution >= 0.6 is 0 Å². The summed E-state index contributed by atoms with van der Waals surface area (Å²) in [6, 6.07) is 69.2. The normalized spacial score (nSPS) is 11.5. The van der Waals surface area contributed by atoms with Gasteiger partial charge < -0.3 is 13.9 Å². The lowest BCUT2D eigenvalue weighted by Gasteiger charge is -2.26. The molecule has 0 aliphatic carbocycles. The van der Waals surface area contributed by atoms with Crippen molar-refractivity contribution in [1.29, 1.82) is 0 Å². The molecule has 8 aromatic carbocycles. The second-order valence-electron chi connectivity index (χ2n) is 13.0. The fourth-order valence-corrected chi connectivity index (χ4v) is 7.56. The van der Waals surface area contributed by atoms with Gasteiger partial charge in [-0.25, -0.2) is 0 Å². The largest absolute Gasteiger partial charge is 0.456 e. The van der Waals surface area contributed by atoms with E-state index in [1.807, 2.05) is 12.1 Å². The zero-order valence-corrected chi connectivity index (χ0v) is 27.8. The predicted octanol–water partition coefficient (Wildman–Crippen LogP) is 13.5. The number of rotatable bonds is 6. The molecule has 0 aliphatic heterocycles. The number of furan rings is 1. The third kappa shape index (κ3) is 4.98. The van der Waals surface area contributed by atoms with E-state index in [0.717, 1.165) is 50.3 Å². The van der Waals surface area contributed by atoms with Crippen molar-refractivity contribution in [1.82, 2.24) is 4.57 Å². The molecule has 3 heteroatoms. The molecule has 0 amide bonds. The summed E-state index contributed by atoms with van der Waals surface area (Å²) in [6.07, 6.45) is 0. The van der Waals surface area contributed by atoms with E-state index < -0.39 is 0 Å². The first-order valence-corrected chi connectivity index (χ1v) is 17.3. The van der Waals surface area contributed by atoms with Gasteiger partial charge in [0.05, 0.1) is 11.0 Å². The average molecular weight is 653 g/mol. The Hall–Kier alpha value is -6.84. The molecule has 3 nitrogen and oxygen atoms in total. The van der Waals surface area contributed by atoms with Gasteiger partial charge in [0.25, 0.3) is 0 Å². The molecule has 0 saturated heterocycles. The minimum atomic E-state index is 0.887. The Morgan fingerprint density at radius 1 is 0.333 bits per heavy atom. The first kappa shape index (κ1) is 29.1. The Kier molecular flexibility index (Phi) is 6.81. The van der Waals surface area contributed by atoms with Crippen molar-refractivity contribution < 1.29 is 4.42 Å². The van der Waals surface area contributed by atoms with E-state index in [2.05, 4.69) is 191 Å². The lowest BCUT2D eigenvalue weighted by molar-refractivity contribution is 0.669. The molecule has 240 valence electrons. The van der Waals surface area contributed by atoms with Crippen LogP contribution < -0.4 is 4.90 Å². The van der Waals surface area contributed by atoms with Crippen LogP contribution in [0.2, 0.25) is 0 Å². The van der Waals surface area contributed by atoms with Crippen LogP contribution in [0.4, 0.5) is 17.1 Å². The fraction of sp³-hybridized carbons (Fsp3) is 0. The molecule has 0 unspecified atom stereocenters. The number of hydrogen-bond donors (Lipinski definition) is 0. The Bertz CT molecular complexity index is 2790.